The van der Waals surface area contributed by atoms with Gasteiger partial charge in [0.15, 0.2) is 0 Å². The van der Waals surface area contributed by atoms with Crippen molar-refractivity contribution in [2.24, 2.45) is 0 Å². The number of hydrogen-bond acceptors (Lipinski definition) is 5. The largest absolute Gasteiger partial charge is 0.477 e. The maximum absolute atomic E-state index is 12.5. The molecule has 9 nitrogen and oxygen atoms in total. The highest BCUT2D eigenvalue weighted by Crippen LogP contribution is 2.21. The number of benzene rings is 1. The van der Waals surface area contributed by atoms with Gasteiger partial charge in [0.25, 0.3) is 0 Å². The Morgan fingerprint density at radius 2 is 2.04 bits per heavy atom. The van der Waals surface area contributed by atoms with Crippen LogP contribution in [0.4, 0.5) is 5.69 Å². The summed E-state index contributed by atoms with van der Waals surface area (Å²) in [6, 6.07) is 3.63. The Morgan fingerprint density at radius 1 is 1.31 bits per heavy atom. The summed E-state index contributed by atoms with van der Waals surface area (Å²) in [6.45, 7) is 1.44. The Kier molecular flexibility index (Phi) is 4.47. The van der Waals surface area contributed by atoms with Crippen molar-refractivity contribution in [3.8, 4) is 0 Å². The predicted molar refractivity (Wildman–Crippen MR) is 92.0 cm³/mol. The molecule has 1 saturated heterocycles. The molecule has 1 aromatic heterocycles. The van der Waals surface area contributed by atoms with Crippen LogP contribution in [0.2, 0.25) is 0 Å². The molecule has 1 aliphatic heterocycles. The number of carboxylic acid groups (broad SMARTS) is 1. The van der Waals surface area contributed by atoms with Crippen LogP contribution in [0.3, 0.4) is 0 Å². The van der Waals surface area contributed by atoms with Gasteiger partial charge in [-0.1, -0.05) is 0 Å². The Balaban J connectivity index is 1.86. The number of nitrogens with zero attached hydrogens (tertiary/aromatic N) is 1. The lowest BCUT2D eigenvalue weighted by Gasteiger charge is -2.22. The number of carbonyl (C=O) groups excluding carboxylic acids is 2. The Bertz CT molecular complexity index is 967. The van der Waals surface area contributed by atoms with Gasteiger partial charge in [-0.05, 0) is 18.2 Å². The van der Waals surface area contributed by atoms with Crippen LogP contribution in [0.5, 0.6) is 0 Å². The number of aromatic nitrogens is 1. The maximum Gasteiger partial charge on any atom is 0.341 e. The van der Waals surface area contributed by atoms with Crippen molar-refractivity contribution < 1.29 is 24.6 Å². The lowest BCUT2D eigenvalue weighted by Crippen LogP contribution is -2.42. The molecule has 1 fully saturated rings. The monoisotopic (exact) mass is 359 g/mol. The quantitative estimate of drug-likeness (QED) is 0.615. The van der Waals surface area contributed by atoms with Gasteiger partial charge in [-0.15, -0.1) is 0 Å². The molecular formula is C17H17N3O6. The number of amides is 2. The summed E-state index contributed by atoms with van der Waals surface area (Å²) < 4.78 is 0. The van der Waals surface area contributed by atoms with Crippen LogP contribution in [0, 0.1) is 0 Å². The summed E-state index contributed by atoms with van der Waals surface area (Å²) >= 11 is 0. The summed E-state index contributed by atoms with van der Waals surface area (Å²) in [7, 11) is 0. The minimum absolute atomic E-state index is 0.108. The summed E-state index contributed by atoms with van der Waals surface area (Å²) in [5.74, 6) is -2.07. The second-order valence-corrected chi connectivity index (χ2v) is 6.16. The average molecular weight is 359 g/mol. The Labute approximate surface area is 147 Å². The molecule has 2 heterocycles. The van der Waals surface area contributed by atoms with Gasteiger partial charge in [0.1, 0.15) is 11.6 Å². The van der Waals surface area contributed by atoms with Crippen LogP contribution in [-0.2, 0) is 9.59 Å². The number of anilines is 1. The zero-order valence-corrected chi connectivity index (χ0v) is 13.9. The van der Waals surface area contributed by atoms with E-state index in [1.807, 2.05) is 0 Å². The summed E-state index contributed by atoms with van der Waals surface area (Å²) in [5.41, 5.74) is -0.240. The van der Waals surface area contributed by atoms with E-state index in [2.05, 4.69) is 10.3 Å². The van der Waals surface area contributed by atoms with Crippen LogP contribution in [0.1, 0.15) is 23.7 Å². The summed E-state index contributed by atoms with van der Waals surface area (Å²) in [6.07, 6.45) is 0.498. The lowest BCUT2D eigenvalue weighted by atomic mass is 10.1. The van der Waals surface area contributed by atoms with E-state index in [0.29, 0.717) is 11.2 Å². The van der Waals surface area contributed by atoms with Crippen molar-refractivity contribution in [3.63, 3.8) is 0 Å². The maximum atomic E-state index is 12.5. The summed E-state index contributed by atoms with van der Waals surface area (Å²) in [4.78, 5) is 51.2. The van der Waals surface area contributed by atoms with Gasteiger partial charge in [-0.3, -0.25) is 14.4 Å². The first-order chi connectivity index (χ1) is 12.3. The molecule has 2 aromatic rings. The first kappa shape index (κ1) is 17.6. The van der Waals surface area contributed by atoms with Crippen molar-refractivity contribution >= 4 is 34.4 Å². The van der Waals surface area contributed by atoms with E-state index in [-0.39, 0.29) is 29.8 Å². The second kappa shape index (κ2) is 6.60. The van der Waals surface area contributed by atoms with Crippen molar-refractivity contribution in [1.29, 1.82) is 0 Å². The van der Waals surface area contributed by atoms with Crippen molar-refractivity contribution in [2.75, 3.05) is 11.9 Å². The van der Waals surface area contributed by atoms with E-state index in [4.69, 9.17) is 5.11 Å². The van der Waals surface area contributed by atoms with Gasteiger partial charge in [-0.25, -0.2) is 4.79 Å². The highest BCUT2D eigenvalue weighted by Gasteiger charge is 2.37. The standard InChI is InChI=1S/C17H17N3O6/c1-8(21)20-7-10(22)5-14(20)16(24)19-9-2-3-11-13(4-9)18-6-12(15(11)23)17(25)26/h2-4,6,10,14,22H,5,7H2,1H3,(H,18,23)(H,19,24)(H,25,26). The molecule has 2 amide bonds. The molecule has 1 aliphatic rings. The molecule has 26 heavy (non-hydrogen) atoms. The van der Waals surface area contributed by atoms with Crippen LogP contribution in [-0.4, -0.2) is 56.6 Å². The topological polar surface area (TPSA) is 140 Å². The number of nitrogens with one attached hydrogen (secondary N) is 2. The highest BCUT2D eigenvalue weighted by molar-refractivity contribution is 5.99. The SMILES string of the molecule is CC(=O)N1CC(O)CC1C(=O)Nc1ccc2c(=O)c(C(=O)O)c[nH]c2c1. The fraction of sp³-hybridized carbons (Fsp3) is 0.294. The second-order valence-electron chi connectivity index (χ2n) is 6.16. The third-order valence-electron chi connectivity index (χ3n) is 4.36. The molecule has 0 aliphatic carbocycles. The highest BCUT2D eigenvalue weighted by atomic mass is 16.4. The van der Waals surface area contributed by atoms with Crippen molar-refractivity contribution in [1.82, 2.24) is 9.88 Å². The molecule has 1 aromatic carbocycles. The minimum Gasteiger partial charge on any atom is -0.477 e. The summed E-state index contributed by atoms with van der Waals surface area (Å²) in [5, 5.41) is 21.5. The minimum atomic E-state index is -1.32. The molecule has 136 valence electrons. The van der Waals surface area contributed by atoms with Crippen LogP contribution in [0.15, 0.2) is 29.2 Å². The smallest absolute Gasteiger partial charge is 0.341 e. The molecule has 2 atom stereocenters. The van der Waals surface area contributed by atoms with Gasteiger partial charge >= 0.3 is 5.97 Å². The molecule has 3 rings (SSSR count). The molecule has 0 radical (unpaired) electrons. The third-order valence-corrected chi connectivity index (χ3v) is 4.36. The van der Waals surface area contributed by atoms with Gasteiger partial charge in [0, 0.05) is 37.2 Å². The van der Waals surface area contributed by atoms with Crippen molar-refractivity contribution in [3.05, 3.63) is 40.2 Å². The molecular weight excluding hydrogens is 342 g/mol. The van der Waals surface area contributed by atoms with E-state index in [9.17, 15) is 24.3 Å². The number of hydrogen-bond donors (Lipinski definition) is 4. The number of aliphatic hydroxyl groups excluding tert-OH is 1. The molecule has 0 saturated carbocycles. The number of β-amino-alcohol motifs (C(OH)–C–C–N with tert-alkyl or cyclic N) is 1. The third kappa shape index (κ3) is 3.16. The van der Waals surface area contributed by atoms with Crippen molar-refractivity contribution in [2.45, 2.75) is 25.5 Å². The fourth-order valence-electron chi connectivity index (χ4n) is 3.09. The zero-order chi connectivity index (χ0) is 19.0. The number of fused-ring (bicyclic) bond motifs is 1. The van der Waals surface area contributed by atoms with Crippen LogP contribution < -0.4 is 10.7 Å². The van der Waals surface area contributed by atoms with Gasteiger partial charge < -0.3 is 25.4 Å². The molecule has 0 bridgehead atoms. The zero-order valence-electron chi connectivity index (χ0n) is 13.9. The lowest BCUT2D eigenvalue weighted by molar-refractivity contribution is -0.134. The Hall–Kier alpha value is -3.20. The normalized spacial score (nSPS) is 19.5. The number of aliphatic hydroxyl groups is 1. The molecule has 0 spiro atoms. The van der Waals surface area contributed by atoms with Crippen LogP contribution >= 0.6 is 0 Å². The van der Waals surface area contributed by atoms with E-state index in [0.717, 1.165) is 6.20 Å². The fourth-order valence-corrected chi connectivity index (χ4v) is 3.09. The number of aromatic carboxylic acids is 1. The predicted octanol–water partition coefficient (Wildman–Crippen LogP) is 0.146. The number of aromatic amines is 1. The molecule has 2 unspecified atom stereocenters. The first-order valence-corrected chi connectivity index (χ1v) is 7.93. The van der Waals surface area contributed by atoms with Gasteiger partial charge in [0.05, 0.1) is 11.6 Å². The van der Waals surface area contributed by atoms with Gasteiger partial charge in [-0.2, -0.15) is 0 Å². The number of H-pyrrole nitrogens is 1. The number of rotatable bonds is 3. The number of carbonyl (C=O) groups is 3. The van der Waals surface area contributed by atoms with E-state index in [1.54, 1.807) is 0 Å². The van der Waals surface area contributed by atoms with Gasteiger partial charge in [0.2, 0.25) is 17.2 Å². The molecule has 4 N–H and O–H groups in total. The number of carboxylic acids is 1. The van der Waals surface area contributed by atoms with E-state index >= 15 is 0 Å². The average Bonchev–Trinajstić information content (AvgIpc) is 2.97. The number of pyridine rings is 1. The Morgan fingerprint density at radius 3 is 2.69 bits per heavy atom. The van der Waals surface area contributed by atoms with Crippen LogP contribution in [0.25, 0.3) is 10.9 Å². The van der Waals surface area contributed by atoms with E-state index < -0.39 is 29.5 Å². The number of likely N-dealkylation sites (tertiary alicyclic amines) is 1. The van der Waals surface area contributed by atoms with E-state index in [1.165, 1.54) is 30.0 Å². The first-order valence-electron chi connectivity index (χ1n) is 7.93. The molecule has 9 heteroatoms.